The summed E-state index contributed by atoms with van der Waals surface area (Å²) in [6, 6.07) is 6.64. The van der Waals surface area contributed by atoms with Gasteiger partial charge in [-0.25, -0.2) is 0 Å². The Balaban J connectivity index is 2.27. The van der Waals surface area contributed by atoms with Gasteiger partial charge in [0.2, 0.25) is 0 Å². The highest BCUT2D eigenvalue weighted by molar-refractivity contribution is 5.95. The van der Waals surface area contributed by atoms with E-state index in [1.165, 1.54) is 65.5 Å². The van der Waals surface area contributed by atoms with Crippen molar-refractivity contribution in [3.8, 4) is 0 Å². The Bertz CT molecular complexity index is 616. The summed E-state index contributed by atoms with van der Waals surface area (Å²) in [7, 11) is 2.05. The van der Waals surface area contributed by atoms with E-state index < -0.39 is 0 Å². The lowest BCUT2D eigenvalue weighted by Crippen LogP contribution is -2.04. The van der Waals surface area contributed by atoms with Crippen LogP contribution in [0.5, 0.6) is 0 Å². The number of fused-ring (bicyclic) bond motifs is 2. The maximum atomic E-state index is 5.06. The van der Waals surface area contributed by atoms with Crippen molar-refractivity contribution < 1.29 is 0 Å². The maximum absolute atomic E-state index is 5.06. The molecule has 0 radical (unpaired) electrons. The van der Waals surface area contributed by atoms with Gasteiger partial charge in [0.15, 0.2) is 0 Å². The van der Waals surface area contributed by atoms with Crippen molar-refractivity contribution >= 4 is 16.6 Å². The first kappa shape index (κ1) is 13.4. The molecule has 1 N–H and O–H groups in total. The number of benzene rings is 1. The lowest BCUT2D eigenvalue weighted by molar-refractivity contribution is 0.709. The van der Waals surface area contributed by atoms with Gasteiger partial charge in [0.25, 0.3) is 0 Å². The zero-order valence-corrected chi connectivity index (χ0v) is 12.6. The van der Waals surface area contributed by atoms with Gasteiger partial charge in [0.1, 0.15) is 0 Å². The van der Waals surface area contributed by atoms with Gasteiger partial charge in [-0.05, 0) is 43.2 Å². The third kappa shape index (κ3) is 2.28. The molecule has 0 fully saturated rings. The molecule has 0 atom stereocenters. The van der Waals surface area contributed by atoms with E-state index in [9.17, 15) is 0 Å². The molecule has 3 rings (SSSR count). The van der Waals surface area contributed by atoms with Crippen molar-refractivity contribution in [3.63, 3.8) is 0 Å². The van der Waals surface area contributed by atoms with Gasteiger partial charge in [-0.3, -0.25) is 4.98 Å². The molecule has 0 unspecified atom stereocenters. The molecular weight excluding hydrogens is 244 g/mol. The van der Waals surface area contributed by atoms with Crippen LogP contribution in [0.4, 0.5) is 5.69 Å². The summed E-state index contributed by atoms with van der Waals surface area (Å²) < 4.78 is 0. The number of aryl methyl sites for hydroxylation is 2. The van der Waals surface area contributed by atoms with Crippen molar-refractivity contribution in [1.29, 1.82) is 0 Å². The third-order valence-electron chi connectivity index (χ3n) is 4.40. The Morgan fingerprint density at radius 3 is 2.80 bits per heavy atom. The number of hydrogen-bond acceptors (Lipinski definition) is 2. The molecule has 0 bridgehead atoms. The normalized spacial score (nSPS) is 14.9. The van der Waals surface area contributed by atoms with Crippen LogP contribution in [0.2, 0.25) is 0 Å². The Morgan fingerprint density at radius 1 is 1.15 bits per heavy atom. The number of nitrogens with zero attached hydrogens (tertiary/aromatic N) is 1. The van der Waals surface area contributed by atoms with E-state index in [0.717, 1.165) is 12.8 Å². The minimum absolute atomic E-state index is 1.12. The smallest absolute Gasteiger partial charge is 0.0758 e. The highest BCUT2D eigenvalue weighted by Crippen LogP contribution is 2.33. The number of hydrogen-bond donors (Lipinski definition) is 1. The fraction of sp³-hybridized carbons (Fsp3) is 0.500. The summed E-state index contributed by atoms with van der Waals surface area (Å²) in [5.74, 6) is 0. The second kappa shape index (κ2) is 5.82. The predicted molar refractivity (Wildman–Crippen MR) is 86.5 cm³/mol. The summed E-state index contributed by atoms with van der Waals surface area (Å²) >= 11 is 0. The molecule has 20 heavy (non-hydrogen) atoms. The van der Waals surface area contributed by atoms with E-state index in [2.05, 4.69) is 30.4 Å². The Kier molecular flexibility index (Phi) is 3.90. The van der Waals surface area contributed by atoms with Crippen LogP contribution in [-0.2, 0) is 19.3 Å². The molecule has 2 heteroatoms. The Hall–Kier alpha value is -1.57. The Labute approximate surface area is 121 Å². The van der Waals surface area contributed by atoms with E-state index in [-0.39, 0.29) is 0 Å². The summed E-state index contributed by atoms with van der Waals surface area (Å²) in [4.78, 5) is 5.06. The van der Waals surface area contributed by atoms with Crippen LogP contribution in [0.1, 0.15) is 49.4 Å². The van der Waals surface area contributed by atoms with Gasteiger partial charge in [-0.15, -0.1) is 0 Å². The van der Waals surface area contributed by atoms with Gasteiger partial charge in [0.05, 0.1) is 5.52 Å². The first-order valence-corrected chi connectivity index (χ1v) is 7.96. The van der Waals surface area contributed by atoms with Gasteiger partial charge in [-0.1, -0.05) is 38.0 Å². The standard InChI is InChI=1S/C18H24N2/c1-3-8-13-9-7-11-15-17(13)20-16-12-6-4-5-10-14(16)18(15)19-2/h7,9,11H,3-6,8,10,12H2,1-2H3,(H,19,20). The van der Waals surface area contributed by atoms with Gasteiger partial charge >= 0.3 is 0 Å². The summed E-state index contributed by atoms with van der Waals surface area (Å²) in [5, 5.41) is 4.76. The number of aromatic nitrogens is 1. The summed E-state index contributed by atoms with van der Waals surface area (Å²) in [6.45, 7) is 2.24. The van der Waals surface area contributed by atoms with Crippen molar-refractivity contribution in [2.75, 3.05) is 12.4 Å². The fourth-order valence-corrected chi connectivity index (χ4v) is 3.44. The fourth-order valence-electron chi connectivity index (χ4n) is 3.44. The van der Waals surface area contributed by atoms with E-state index >= 15 is 0 Å². The molecule has 0 saturated carbocycles. The number of anilines is 1. The average Bonchev–Trinajstić information content (AvgIpc) is 2.71. The molecule has 2 nitrogen and oxygen atoms in total. The molecule has 0 saturated heterocycles. The SMILES string of the molecule is CCCc1cccc2c(NC)c3c(nc12)CCCCC3. The van der Waals surface area contributed by atoms with Crippen molar-refractivity contribution in [2.45, 2.75) is 51.9 Å². The van der Waals surface area contributed by atoms with Gasteiger partial charge in [-0.2, -0.15) is 0 Å². The van der Waals surface area contributed by atoms with Crippen LogP contribution in [0.15, 0.2) is 18.2 Å². The highest BCUT2D eigenvalue weighted by atomic mass is 14.9. The molecule has 1 aromatic heterocycles. The third-order valence-corrected chi connectivity index (χ3v) is 4.40. The predicted octanol–water partition coefficient (Wildman–Crippen LogP) is 4.50. The molecule has 2 aromatic rings. The van der Waals surface area contributed by atoms with E-state index in [0.29, 0.717) is 0 Å². The second-order valence-corrected chi connectivity index (χ2v) is 5.79. The van der Waals surface area contributed by atoms with Crippen LogP contribution in [0, 0.1) is 0 Å². The van der Waals surface area contributed by atoms with Crippen LogP contribution >= 0.6 is 0 Å². The molecule has 1 aliphatic rings. The average molecular weight is 268 g/mol. The van der Waals surface area contributed by atoms with Gasteiger partial charge < -0.3 is 5.32 Å². The molecule has 1 heterocycles. The van der Waals surface area contributed by atoms with Crippen molar-refractivity contribution in [1.82, 2.24) is 4.98 Å². The summed E-state index contributed by atoms with van der Waals surface area (Å²) in [6.07, 6.45) is 8.51. The Morgan fingerprint density at radius 2 is 2.00 bits per heavy atom. The van der Waals surface area contributed by atoms with Crippen LogP contribution in [0.25, 0.3) is 10.9 Å². The summed E-state index contributed by atoms with van der Waals surface area (Å²) in [5.41, 5.74) is 6.74. The second-order valence-electron chi connectivity index (χ2n) is 5.79. The van der Waals surface area contributed by atoms with Crippen LogP contribution in [-0.4, -0.2) is 12.0 Å². The number of pyridine rings is 1. The van der Waals surface area contributed by atoms with Crippen LogP contribution < -0.4 is 5.32 Å². The maximum Gasteiger partial charge on any atom is 0.0758 e. The highest BCUT2D eigenvalue weighted by Gasteiger charge is 2.17. The number of para-hydroxylation sites is 1. The molecule has 106 valence electrons. The monoisotopic (exact) mass is 268 g/mol. The molecule has 1 aromatic carbocycles. The van der Waals surface area contributed by atoms with Crippen molar-refractivity contribution in [2.24, 2.45) is 0 Å². The minimum atomic E-state index is 1.12. The van der Waals surface area contributed by atoms with E-state index in [4.69, 9.17) is 4.98 Å². The zero-order valence-electron chi connectivity index (χ0n) is 12.6. The first-order chi connectivity index (χ1) is 9.85. The number of rotatable bonds is 3. The molecule has 0 spiro atoms. The van der Waals surface area contributed by atoms with Crippen molar-refractivity contribution in [3.05, 3.63) is 35.0 Å². The number of nitrogens with one attached hydrogen (secondary N) is 1. The van der Waals surface area contributed by atoms with E-state index in [1.807, 2.05) is 7.05 Å². The largest absolute Gasteiger partial charge is 0.387 e. The molecular formula is C18H24N2. The topological polar surface area (TPSA) is 24.9 Å². The first-order valence-electron chi connectivity index (χ1n) is 7.96. The lowest BCUT2D eigenvalue weighted by Gasteiger charge is -2.16. The quantitative estimate of drug-likeness (QED) is 0.829. The molecule has 1 aliphatic carbocycles. The minimum Gasteiger partial charge on any atom is -0.387 e. The molecule has 0 aliphatic heterocycles. The zero-order chi connectivity index (χ0) is 13.9. The molecule has 0 amide bonds. The van der Waals surface area contributed by atoms with E-state index in [1.54, 1.807) is 0 Å². The lowest BCUT2D eigenvalue weighted by atomic mass is 9.98. The van der Waals surface area contributed by atoms with Crippen LogP contribution in [0.3, 0.4) is 0 Å². The van der Waals surface area contributed by atoms with Gasteiger partial charge in [0, 0.05) is 23.8 Å².